The molecule has 1 unspecified atom stereocenters. The summed E-state index contributed by atoms with van der Waals surface area (Å²) in [5.74, 6) is -4.49. The number of alkyl halides is 4. The van der Waals surface area contributed by atoms with E-state index >= 15 is 0 Å². The molecule has 0 saturated carbocycles. The van der Waals surface area contributed by atoms with Crippen LogP contribution in [0.15, 0.2) is 11.7 Å². The Kier molecular flexibility index (Phi) is 3.85. The van der Waals surface area contributed by atoms with Gasteiger partial charge in [-0.1, -0.05) is 0 Å². The molecule has 1 atom stereocenters. The maximum atomic E-state index is 11.8. The van der Waals surface area contributed by atoms with Crippen LogP contribution in [0.2, 0.25) is 0 Å². The predicted molar refractivity (Wildman–Crippen MR) is 29.1 cm³/mol. The van der Waals surface area contributed by atoms with Crippen LogP contribution < -0.4 is 0 Å². The highest BCUT2D eigenvalue weighted by atomic mass is 79.9. The van der Waals surface area contributed by atoms with Gasteiger partial charge >= 0.3 is 0 Å². The van der Waals surface area contributed by atoms with Crippen LogP contribution in [0, 0.1) is 0 Å². The molecule has 0 aliphatic carbocycles. The van der Waals surface area contributed by atoms with E-state index in [2.05, 4.69) is 0 Å². The summed E-state index contributed by atoms with van der Waals surface area (Å²) < 4.78 is 57.4. The van der Waals surface area contributed by atoms with Crippen molar-refractivity contribution in [1.82, 2.24) is 0 Å². The number of halogens is 6. The minimum Gasteiger partial charge on any atom is -0.227 e. The van der Waals surface area contributed by atoms with E-state index in [4.69, 9.17) is 0 Å². The molecular weight excluding hydrogens is 223 g/mol. The molecule has 0 aliphatic rings. The van der Waals surface area contributed by atoms with Gasteiger partial charge in [0.15, 0.2) is 5.83 Å². The molecule has 0 radical (unpaired) electrons. The van der Waals surface area contributed by atoms with Crippen LogP contribution >= 0.6 is 15.9 Å². The minimum atomic E-state index is -3.60. The third-order valence-electron chi connectivity index (χ3n) is 0.611. The molecule has 0 amide bonds. The SMILES string of the molecule is F/C(=C(\F)C(F)Br)C(F)F. The largest absolute Gasteiger partial charge is 0.292 e. The molecule has 0 aliphatic heterocycles. The van der Waals surface area contributed by atoms with Crippen LogP contribution in [0.4, 0.5) is 22.0 Å². The van der Waals surface area contributed by atoms with Gasteiger partial charge in [-0.25, -0.2) is 22.0 Å². The van der Waals surface area contributed by atoms with Crippen molar-refractivity contribution in [2.75, 3.05) is 0 Å². The molecular formula is C4H2BrF5. The molecule has 0 heterocycles. The Balaban J connectivity index is 4.34. The number of hydrogen-bond acceptors (Lipinski definition) is 0. The van der Waals surface area contributed by atoms with E-state index < -0.39 is 23.2 Å². The van der Waals surface area contributed by atoms with Crippen LogP contribution in [0.5, 0.6) is 0 Å². The molecule has 0 bridgehead atoms. The Morgan fingerprint density at radius 3 is 1.50 bits per heavy atom. The quantitative estimate of drug-likeness (QED) is 0.500. The maximum absolute atomic E-state index is 11.8. The molecule has 0 spiro atoms. The Bertz CT molecular complexity index is 125. The molecule has 0 aromatic heterocycles. The first kappa shape index (κ1) is 9.87. The lowest BCUT2D eigenvalue weighted by atomic mass is 10.5. The van der Waals surface area contributed by atoms with Crippen molar-refractivity contribution in [3.8, 4) is 0 Å². The zero-order valence-corrected chi connectivity index (χ0v) is 6.01. The van der Waals surface area contributed by atoms with E-state index in [1.807, 2.05) is 15.9 Å². The Hall–Kier alpha value is -0.130. The fraction of sp³-hybridized carbons (Fsp3) is 0.500. The first-order valence-electron chi connectivity index (χ1n) is 2.08. The summed E-state index contributed by atoms with van der Waals surface area (Å²) in [6, 6.07) is 0. The van der Waals surface area contributed by atoms with Gasteiger partial charge in [-0.3, -0.25) is 0 Å². The van der Waals surface area contributed by atoms with Gasteiger partial charge in [-0.05, 0) is 15.9 Å². The van der Waals surface area contributed by atoms with Crippen LogP contribution in [0.1, 0.15) is 0 Å². The van der Waals surface area contributed by atoms with Crippen molar-refractivity contribution in [2.45, 2.75) is 11.5 Å². The van der Waals surface area contributed by atoms with Gasteiger partial charge in [0.25, 0.3) is 6.43 Å². The second kappa shape index (κ2) is 3.90. The molecule has 0 fully saturated rings. The smallest absolute Gasteiger partial charge is 0.227 e. The van der Waals surface area contributed by atoms with E-state index in [0.717, 1.165) is 0 Å². The topological polar surface area (TPSA) is 0 Å². The second-order valence-corrected chi connectivity index (χ2v) is 2.10. The van der Waals surface area contributed by atoms with E-state index in [-0.39, 0.29) is 0 Å². The highest BCUT2D eigenvalue weighted by Gasteiger charge is 2.21. The van der Waals surface area contributed by atoms with Crippen LogP contribution in [0.25, 0.3) is 0 Å². The van der Waals surface area contributed by atoms with Crippen molar-refractivity contribution in [2.24, 2.45) is 0 Å². The number of allylic oxidation sites excluding steroid dienone is 2. The zero-order valence-electron chi connectivity index (χ0n) is 4.42. The second-order valence-electron chi connectivity index (χ2n) is 1.30. The van der Waals surface area contributed by atoms with Crippen LogP contribution in [-0.4, -0.2) is 11.5 Å². The lowest BCUT2D eigenvalue weighted by Gasteiger charge is -1.97. The molecule has 10 heavy (non-hydrogen) atoms. The number of hydrogen-bond donors (Lipinski definition) is 0. The molecule has 6 heteroatoms. The van der Waals surface area contributed by atoms with Gasteiger partial charge < -0.3 is 0 Å². The molecule has 0 rings (SSSR count). The van der Waals surface area contributed by atoms with E-state index in [9.17, 15) is 22.0 Å². The summed E-state index contributed by atoms with van der Waals surface area (Å²) in [7, 11) is 0. The first-order chi connectivity index (χ1) is 4.46. The number of rotatable bonds is 2. The fourth-order valence-corrected chi connectivity index (χ4v) is 0.427. The van der Waals surface area contributed by atoms with Gasteiger partial charge in [0, 0.05) is 0 Å². The van der Waals surface area contributed by atoms with Crippen molar-refractivity contribution in [1.29, 1.82) is 0 Å². The van der Waals surface area contributed by atoms with Crippen molar-refractivity contribution >= 4 is 15.9 Å². The Morgan fingerprint density at radius 2 is 1.40 bits per heavy atom. The molecule has 0 aromatic rings. The van der Waals surface area contributed by atoms with Crippen molar-refractivity contribution < 1.29 is 22.0 Å². The van der Waals surface area contributed by atoms with Gasteiger partial charge in [-0.2, -0.15) is 0 Å². The lowest BCUT2D eigenvalue weighted by molar-refractivity contribution is 0.150. The van der Waals surface area contributed by atoms with Gasteiger partial charge in [0.05, 0.1) is 0 Å². The molecule has 0 saturated heterocycles. The highest BCUT2D eigenvalue weighted by molar-refractivity contribution is 9.09. The summed E-state index contributed by atoms with van der Waals surface area (Å²) in [5, 5.41) is -2.50. The van der Waals surface area contributed by atoms with Crippen LogP contribution in [0.3, 0.4) is 0 Å². The minimum absolute atomic E-state index is 1.94. The van der Waals surface area contributed by atoms with E-state index in [1.165, 1.54) is 0 Å². The third-order valence-corrected chi connectivity index (χ3v) is 1.01. The average molecular weight is 225 g/mol. The maximum Gasteiger partial charge on any atom is 0.292 e. The van der Waals surface area contributed by atoms with Gasteiger partial charge in [0.2, 0.25) is 10.9 Å². The van der Waals surface area contributed by atoms with Crippen LogP contribution in [-0.2, 0) is 0 Å². The Morgan fingerprint density at radius 1 is 1.00 bits per heavy atom. The van der Waals surface area contributed by atoms with Crippen molar-refractivity contribution in [3.05, 3.63) is 11.7 Å². The molecule has 0 N–H and O–H groups in total. The summed E-state index contributed by atoms with van der Waals surface area (Å²) in [5.41, 5.74) is 0. The zero-order chi connectivity index (χ0) is 8.31. The molecule has 0 nitrogen and oxygen atoms in total. The molecule has 60 valence electrons. The van der Waals surface area contributed by atoms with E-state index in [0.29, 0.717) is 0 Å². The standard InChI is InChI=1S/C4H2BrF5/c5-3(8)1(6)2(7)4(9)10/h3-4H/b2-1-. The van der Waals surface area contributed by atoms with Gasteiger partial charge in [0.1, 0.15) is 0 Å². The summed E-state index contributed by atoms with van der Waals surface area (Å²) in [6.07, 6.45) is -3.60. The summed E-state index contributed by atoms with van der Waals surface area (Å²) >= 11 is 1.94. The first-order valence-corrected chi connectivity index (χ1v) is 2.99. The third kappa shape index (κ3) is 2.64. The van der Waals surface area contributed by atoms with Crippen molar-refractivity contribution in [3.63, 3.8) is 0 Å². The van der Waals surface area contributed by atoms with E-state index in [1.54, 1.807) is 0 Å². The normalized spacial score (nSPS) is 17.1. The average Bonchev–Trinajstić information content (AvgIpc) is 1.84. The fourth-order valence-electron chi connectivity index (χ4n) is 0.208. The monoisotopic (exact) mass is 224 g/mol. The lowest BCUT2D eigenvalue weighted by Crippen LogP contribution is -1.99. The Labute approximate surface area is 61.8 Å². The summed E-state index contributed by atoms with van der Waals surface area (Å²) in [4.78, 5) is 0. The molecule has 0 aromatic carbocycles. The highest BCUT2D eigenvalue weighted by Crippen LogP contribution is 2.23. The van der Waals surface area contributed by atoms with Gasteiger partial charge in [-0.15, -0.1) is 0 Å². The predicted octanol–water partition coefficient (Wildman–Crippen LogP) is 3.09. The summed E-state index contributed by atoms with van der Waals surface area (Å²) in [6.45, 7) is 0.